The normalized spacial score (nSPS) is 13.9. The van der Waals surface area contributed by atoms with Crippen LogP contribution < -0.4 is 9.62 Å². The first-order valence-corrected chi connectivity index (χ1v) is 10.7. The molecule has 0 atom stereocenters. The van der Waals surface area contributed by atoms with E-state index in [9.17, 15) is 13.2 Å². The molecule has 3 aromatic carbocycles. The van der Waals surface area contributed by atoms with E-state index >= 15 is 0 Å². The highest BCUT2D eigenvalue weighted by Crippen LogP contribution is 2.43. The van der Waals surface area contributed by atoms with E-state index in [1.54, 1.807) is 66.7 Å². The number of rotatable bonds is 4. The van der Waals surface area contributed by atoms with Crippen LogP contribution in [-0.2, 0) is 10.0 Å². The van der Waals surface area contributed by atoms with Crippen molar-refractivity contribution in [3.8, 4) is 11.1 Å². The Kier molecular flexibility index (Phi) is 4.90. The molecule has 0 aromatic heterocycles. The SMILES string of the molecule is C=CCN1c2ccc(C(=O)Nc3ccccc3Cl)cc2-c2ccccc2S1(=O)=O. The first-order valence-electron chi connectivity index (χ1n) is 8.86. The van der Waals surface area contributed by atoms with Crippen molar-refractivity contribution in [3.05, 3.63) is 90.0 Å². The number of amides is 1. The molecule has 1 aliphatic heterocycles. The largest absolute Gasteiger partial charge is 0.321 e. The van der Waals surface area contributed by atoms with Gasteiger partial charge in [0.05, 0.1) is 27.8 Å². The van der Waals surface area contributed by atoms with Gasteiger partial charge in [-0.05, 0) is 36.4 Å². The van der Waals surface area contributed by atoms with Crippen molar-refractivity contribution in [1.29, 1.82) is 0 Å². The van der Waals surface area contributed by atoms with Crippen LogP contribution in [0.1, 0.15) is 10.4 Å². The summed E-state index contributed by atoms with van der Waals surface area (Å²) in [7, 11) is -3.70. The number of anilines is 2. The molecular weight excluding hydrogens is 408 g/mol. The molecule has 4 rings (SSSR count). The van der Waals surface area contributed by atoms with E-state index in [-0.39, 0.29) is 17.3 Å². The molecule has 3 aromatic rings. The predicted molar refractivity (Wildman–Crippen MR) is 116 cm³/mol. The number of fused-ring (bicyclic) bond motifs is 3. The lowest BCUT2D eigenvalue weighted by molar-refractivity contribution is 0.102. The third-order valence-electron chi connectivity index (χ3n) is 4.69. The van der Waals surface area contributed by atoms with Crippen LogP contribution in [0.25, 0.3) is 11.1 Å². The van der Waals surface area contributed by atoms with Gasteiger partial charge in [-0.3, -0.25) is 9.10 Å². The van der Waals surface area contributed by atoms with E-state index in [1.807, 2.05) is 0 Å². The molecular formula is C22H17ClN2O3S. The van der Waals surface area contributed by atoms with Crippen LogP contribution in [-0.4, -0.2) is 20.9 Å². The maximum absolute atomic E-state index is 13.0. The number of sulfonamides is 1. The standard InChI is InChI=1S/C22H17ClN2O3S/c1-2-13-25-20-12-11-15(22(26)24-19-9-5-4-8-18(19)23)14-17(20)16-7-3-6-10-21(16)29(25,27)28/h2-12,14H,1,13H2,(H,24,26). The zero-order valence-corrected chi connectivity index (χ0v) is 16.9. The van der Waals surface area contributed by atoms with Crippen LogP contribution in [0.4, 0.5) is 11.4 Å². The van der Waals surface area contributed by atoms with Crippen LogP contribution in [0, 0.1) is 0 Å². The highest BCUT2D eigenvalue weighted by atomic mass is 35.5. The second kappa shape index (κ2) is 7.39. The van der Waals surface area contributed by atoms with Gasteiger partial charge in [-0.2, -0.15) is 0 Å². The Morgan fingerprint density at radius 1 is 1.03 bits per heavy atom. The number of carbonyl (C=O) groups excluding carboxylic acids is 1. The van der Waals surface area contributed by atoms with E-state index in [0.717, 1.165) is 0 Å². The van der Waals surface area contributed by atoms with E-state index in [2.05, 4.69) is 11.9 Å². The Morgan fingerprint density at radius 3 is 2.52 bits per heavy atom. The summed E-state index contributed by atoms with van der Waals surface area (Å²) >= 11 is 6.13. The molecule has 1 N–H and O–H groups in total. The zero-order chi connectivity index (χ0) is 20.6. The summed E-state index contributed by atoms with van der Waals surface area (Å²) in [6.45, 7) is 3.80. The molecule has 146 valence electrons. The molecule has 0 aliphatic carbocycles. The molecule has 29 heavy (non-hydrogen) atoms. The maximum atomic E-state index is 13.0. The summed E-state index contributed by atoms with van der Waals surface area (Å²) in [5, 5.41) is 3.23. The van der Waals surface area contributed by atoms with Gasteiger partial charge >= 0.3 is 0 Å². The fraction of sp³-hybridized carbons (Fsp3) is 0.0455. The lowest BCUT2D eigenvalue weighted by Crippen LogP contribution is -2.34. The summed E-state index contributed by atoms with van der Waals surface area (Å²) in [5.74, 6) is -0.331. The van der Waals surface area contributed by atoms with Gasteiger partial charge in [0.25, 0.3) is 15.9 Å². The Balaban J connectivity index is 1.81. The summed E-state index contributed by atoms with van der Waals surface area (Å²) in [5.41, 5.74) is 2.65. The number of halogens is 1. The molecule has 0 fully saturated rings. The molecule has 0 saturated carbocycles. The van der Waals surface area contributed by atoms with Crippen molar-refractivity contribution >= 4 is 38.9 Å². The highest BCUT2D eigenvalue weighted by Gasteiger charge is 2.34. The fourth-order valence-electron chi connectivity index (χ4n) is 3.34. The lowest BCUT2D eigenvalue weighted by atomic mass is 10.00. The Labute approximate surface area is 174 Å². The molecule has 0 bridgehead atoms. The summed E-state index contributed by atoms with van der Waals surface area (Å²) < 4.78 is 27.4. The van der Waals surface area contributed by atoms with Gasteiger partial charge in [0.15, 0.2) is 0 Å². The van der Waals surface area contributed by atoms with Crippen molar-refractivity contribution < 1.29 is 13.2 Å². The minimum atomic E-state index is -3.70. The van der Waals surface area contributed by atoms with Gasteiger partial charge < -0.3 is 5.32 Å². The minimum absolute atomic E-state index is 0.134. The van der Waals surface area contributed by atoms with E-state index < -0.39 is 10.0 Å². The molecule has 0 radical (unpaired) electrons. The number of hydrogen-bond donors (Lipinski definition) is 1. The first-order chi connectivity index (χ1) is 13.9. The number of benzene rings is 3. The van der Waals surface area contributed by atoms with Gasteiger partial charge in [-0.1, -0.05) is 48.0 Å². The van der Waals surface area contributed by atoms with Gasteiger partial charge in [0.2, 0.25) is 0 Å². The van der Waals surface area contributed by atoms with Crippen molar-refractivity contribution in [1.82, 2.24) is 0 Å². The second-order valence-corrected chi connectivity index (χ2v) is 8.72. The van der Waals surface area contributed by atoms with Crippen molar-refractivity contribution in [2.75, 3.05) is 16.2 Å². The van der Waals surface area contributed by atoms with Gasteiger partial charge in [-0.15, -0.1) is 6.58 Å². The average molecular weight is 425 g/mol. The molecule has 1 aliphatic rings. The van der Waals surface area contributed by atoms with Crippen LogP contribution in [0.15, 0.2) is 84.3 Å². The molecule has 1 amide bonds. The predicted octanol–water partition coefficient (Wildman–Crippen LogP) is 4.95. The van der Waals surface area contributed by atoms with E-state index in [0.29, 0.717) is 33.1 Å². The highest BCUT2D eigenvalue weighted by molar-refractivity contribution is 7.93. The van der Waals surface area contributed by atoms with Crippen molar-refractivity contribution in [2.24, 2.45) is 0 Å². The van der Waals surface area contributed by atoms with Crippen LogP contribution in [0.3, 0.4) is 0 Å². The molecule has 0 spiro atoms. The minimum Gasteiger partial charge on any atom is -0.321 e. The van der Waals surface area contributed by atoms with Crippen molar-refractivity contribution in [2.45, 2.75) is 4.90 Å². The Hall–Kier alpha value is -3.09. The smallest absolute Gasteiger partial charge is 0.265 e. The molecule has 1 heterocycles. The number of para-hydroxylation sites is 1. The molecule has 0 unspecified atom stereocenters. The Morgan fingerprint density at radius 2 is 1.76 bits per heavy atom. The average Bonchev–Trinajstić information content (AvgIpc) is 2.72. The third kappa shape index (κ3) is 3.30. The summed E-state index contributed by atoms with van der Waals surface area (Å²) in [4.78, 5) is 13.0. The summed E-state index contributed by atoms with van der Waals surface area (Å²) in [6.07, 6.45) is 1.54. The van der Waals surface area contributed by atoms with Gasteiger partial charge in [0, 0.05) is 16.7 Å². The molecule has 0 saturated heterocycles. The fourth-order valence-corrected chi connectivity index (χ4v) is 5.19. The van der Waals surface area contributed by atoms with Crippen LogP contribution >= 0.6 is 11.6 Å². The first kappa shape index (κ1) is 19.2. The maximum Gasteiger partial charge on any atom is 0.265 e. The Bertz CT molecular complexity index is 1240. The second-order valence-electron chi connectivity index (χ2n) is 6.49. The van der Waals surface area contributed by atoms with Gasteiger partial charge in [0.1, 0.15) is 0 Å². The van der Waals surface area contributed by atoms with Gasteiger partial charge in [-0.25, -0.2) is 8.42 Å². The molecule has 7 heteroatoms. The topological polar surface area (TPSA) is 66.5 Å². The number of nitrogens with one attached hydrogen (secondary N) is 1. The van der Waals surface area contributed by atoms with Crippen LogP contribution in [0.5, 0.6) is 0 Å². The summed E-state index contributed by atoms with van der Waals surface area (Å²) in [6, 6.07) is 18.7. The zero-order valence-electron chi connectivity index (χ0n) is 15.3. The molecule has 5 nitrogen and oxygen atoms in total. The lowest BCUT2D eigenvalue weighted by Gasteiger charge is -2.31. The number of carbonyl (C=O) groups is 1. The number of nitrogens with zero attached hydrogens (tertiary/aromatic N) is 1. The monoisotopic (exact) mass is 424 g/mol. The van der Waals surface area contributed by atoms with Crippen LogP contribution in [0.2, 0.25) is 5.02 Å². The quantitative estimate of drug-likeness (QED) is 0.602. The van der Waals surface area contributed by atoms with Crippen molar-refractivity contribution in [3.63, 3.8) is 0 Å². The van der Waals surface area contributed by atoms with E-state index in [4.69, 9.17) is 11.6 Å². The van der Waals surface area contributed by atoms with E-state index in [1.165, 1.54) is 10.4 Å². The number of hydrogen-bond acceptors (Lipinski definition) is 3. The third-order valence-corrected chi connectivity index (χ3v) is 6.86.